The number of rotatable bonds is 12. The van der Waals surface area contributed by atoms with Gasteiger partial charge in [0.15, 0.2) is 0 Å². The van der Waals surface area contributed by atoms with Crippen LogP contribution in [-0.2, 0) is 29.2 Å². The fraction of sp³-hybridized carbons (Fsp3) is 0.526. The highest BCUT2D eigenvalue weighted by Crippen LogP contribution is 2.51. The van der Waals surface area contributed by atoms with E-state index >= 15 is 0 Å². The first-order valence-electron chi connectivity index (χ1n) is 9.09. The van der Waals surface area contributed by atoms with Crippen LogP contribution < -0.4 is 0 Å². The molecule has 1 aromatic rings. The molecule has 150 valence electrons. The van der Waals surface area contributed by atoms with Crippen LogP contribution in [-0.4, -0.2) is 49.7 Å². The Balaban J connectivity index is 1.93. The number of aliphatic hydroxyl groups is 1. The Hall–Kier alpha value is -1.50. The van der Waals surface area contributed by atoms with Gasteiger partial charge in [-0.05, 0) is 25.5 Å². The summed E-state index contributed by atoms with van der Waals surface area (Å²) in [5.41, 5.74) is 0.921. The summed E-state index contributed by atoms with van der Waals surface area (Å²) < 4.78 is 34.1. The second kappa shape index (κ2) is 10.7. The van der Waals surface area contributed by atoms with Crippen molar-refractivity contribution in [2.75, 3.05) is 26.4 Å². The van der Waals surface area contributed by atoms with Gasteiger partial charge in [0.05, 0.1) is 44.3 Å². The molecule has 0 saturated carbocycles. The minimum Gasteiger partial charge on any atom is -0.462 e. The van der Waals surface area contributed by atoms with E-state index in [-0.39, 0.29) is 44.8 Å². The molecule has 1 heterocycles. The zero-order chi connectivity index (χ0) is 19.7. The summed E-state index contributed by atoms with van der Waals surface area (Å²) in [6.07, 6.45) is 3.99. The third-order valence-electron chi connectivity index (χ3n) is 3.94. The van der Waals surface area contributed by atoms with Crippen LogP contribution in [0.5, 0.6) is 0 Å². The molecule has 0 radical (unpaired) electrons. The van der Waals surface area contributed by atoms with Crippen LogP contribution in [0.1, 0.15) is 36.2 Å². The molecule has 2 rings (SSSR count). The summed E-state index contributed by atoms with van der Waals surface area (Å²) in [5.74, 6) is -0.478. The van der Waals surface area contributed by atoms with Crippen LogP contribution in [0.15, 0.2) is 36.4 Å². The van der Waals surface area contributed by atoms with Crippen molar-refractivity contribution in [2.45, 2.75) is 38.6 Å². The fourth-order valence-corrected chi connectivity index (χ4v) is 4.42. The number of esters is 1. The topological polar surface area (TPSA) is 94.6 Å². The number of carbonyl (C=O) groups is 1. The zero-order valence-corrected chi connectivity index (χ0v) is 16.6. The molecule has 1 saturated heterocycles. The lowest BCUT2D eigenvalue weighted by molar-refractivity contribution is 0.0492. The molecule has 7 nitrogen and oxygen atoms in total. The average Bonchev–Trinajstić information content (AvgIpc) is 3.38. The van der Waals surface area contributed by atoms with Crippen molar-refractivity contribution in [2.24, 2.45) is 0 Å². The monoisotopic (exact) mass is 398 g/mol. The standard InChI is InChI=1S/C19H27O7P/c1-3-24-27(22,25-4-2)14-15-8-5-6-9-16(15)19(21)23-13-11-18-17(26-18)10-7-12-20/h5-10,17-18,20H,3-4,11-14H2,1-2H3/b10-7-. The van der Waals surface area contributed by atoms with E-state index in [0.717, 1.165) is 0 Å². The highest BCUT2D eigenvalue weighted by atomic mass is 31.2. The highest BCUT2D eigenvalue weighted by molar-refractivity contribution is 7.53. The maximum Gasteiger partial charge on any atom is 0.338 e. The van der Waals surface area contributed by atoms with Gasteiger partial charge in [-0.2, -0.15) is 0 Å². The number of hydrogen-bond donors (Lipinski definition) is 1. The van der Waals surface area contributed by atoms with E-state index in [1.54, 1.807) is 50.3 Å². The normalized spacial score (nSPS) is 19.4. The lowest BCUT2D eigenvalue weighted by Gasteiger charge is -2.18. The SMILES string of the molecule is CCOP(=O)(Cc1ccccc1C(=O)OCCC1OC1/C=C\CO)OCC. The van der Waals surface area contributed by atoms with Crippen LogP contribution in [0.4, 0.5) is 0 Å². The minimum atomic E-state index is -3.31. The highest BCUT2D eigenvalue weighted by Gasteiger charge is 2.36. The number of benzene rings is 1. The van der Waals surface area contributed by atoms with Gasteiger partial charge < -0.3 is 23.6 Å². The molecule has 1 aromatic carbocycles. The number of aliphatic hydroxyl groups excluding tert-OH is 1. The first-order valence-corrected chi connectivity index (χ1v) is 10.8. The predicted octanol–water partition coefficient (Wildman–Crippen LogP) is 3.32. The molecular weight excluding hydrogens is 371 g/mol. The third-order valence-corrected chi connectivity index (χ3v) is 5.97. The summed E-state index contributed by atoms with van der Waals surface area (Å²) in [7, 11) is -3.31. The summed E-state index contributed by atoms with van der Waals surface area (Å²) in [4.78, 5) is 12.4. The van der Waals surface area contributed by atoms with Gasteiger partial charge in [0, 0.05) is 6.42 Å². The zero-order valence-electron chi connectivity index (χ0n) is 15.7. The smallest absolute Gasteiger partial charge is 0.338 e. The Bertz CT molecular complexity index is 678. The Morgan fingerprint density at radius 3 is 2.63 bits per heavy atom. The van der Waals surface area contributed by atoms with E-state index in [0.29, 0.717) is 17.5 Å². The molecule has 1 aliphatic rings. The van der Waals surface area contributed by atoms with Crippen molar-refractivity contribution in [3.8, 4) is 0 Å². The molecule has 27 heavy (non-hydrogen) atoms. The van der Waals surface area contributed by atoms with Crippen LogP contribution >= 0.6 is 7.60 Å². The maximum absolute atomic E-state index is 12.8. The van der Waals surface area contributed by atoms with Crippen molar-refractivity contribution in [1.82, 2.24) is 0 Å². The summed E-state index contributed by atoms with van der Waals surface area (Å²) in [6, 6.07) is 6.86. The Morgan fingerprint density at radius 2 is 1.96 bits per heavy atom. The fourth-order valence-electron chi connectivity index (χ4n) is 2.69. The van der Waals surface area contributed by atoms with Crippen molar-refractivity contribution in [3.63, 3.8) is 0 Å². The van der Waals surface area contributed by atoms with Crippen molar-refractivity contribution in [1.29, 1.82) is 0 Å². The molecule has 0 amide bonds. The molecule has 1 aliphatic heterocycles. The van der Waals surface area contributed by atoms with Crippen molar-refractivity contribution in [3.05, 3.63) is 47.5 Å². The van der Waals surface area contributed by atoms with Gasteiger partial charge in [0.25, 0.3) is 0 Å². The van der Waals surface area contributed by atoms with E-state index in [1.165, 1.54) is 0 Å². The van der Waals surface area contributed by atoms with Gasteiger partial charge in [-0.25, -0.2) is 4.79 Å². The third kappa shape index (κ3) is 6.87. The van der Waals surface area contributed by atoms with E-state index in [1.807, 2.05) is 0 Å². The Morgan fingerprint density at radius 1 is 1.26 bits per heavy atom. The van der Waals surface area contributed by atoms with Crippen LogP contribution in [0.2, 0.25) is 0 Å². The van der Waals surface area contributed by atoms with E-state index in [9.17, 15) is 9.36 Å². The average molecular weight is 398 g/mol. The molecule has 2 unspecified atom stereocenters. The molecule has 0 aliphatic carbocycles. The van der Waals surface area contributed by atoms with Gasteiger partial charge in [0.2, 0.25) is 0 Å². The molecule has 8 heteroatoms. The van der Waals surface area contributed by atoms with Crippen LogP contribution in [0.25, 0.3) is 0 Å². The first kappa shape index (κ1) is 21.8. The van der Waals surface area contributed by atoms with Gasteiger partial charge in [-0.1, -0.05) is 30.4 Å². The van der Waals surface area contributed by atoms with Gasteiger partial charge in [-0.3, -0.25) is 4.57 Å². The molecule has 2 atom stereocenters. The van der Waals surface area contributed by atoms with Crippen LogP contribution in [0.3, 0.4) is 0 Å². The number of epoxide rings is 1. The lowest BCUT2D eigenvalue weighted by atomic mass is 10.1. The molecule has 0 spiro atoms. The minimum absolute atomic E-state index is 0.00645. The van der Waals surface area contributed by atoms with E-state index in [2.05, 4.69) is 0 Å². The molecule has 1 N–H and O–H groups in total. The summed E-state index contributed by atoms with van der Waals surface area (Å²) in [5, 5.41) is 8.73. The van der Waals surface area contributed by atoms with E-state index < -0.39 is 13.6 Å². The largest absolute Gasteiger partial charge is 0.462 e. The van der Waals surface area contributed by atoms with Crippen molar-refractivity contribution < 1.29 is 33.0 Å². The van der Waals surface area contributed by atoms with E-state index in [4.69, 9.17) is 23.6 Å². The van der Waals surface area contributed by atoms with Gasteiger partial charge in [-0.15, -0.1) is 0 Å². The van der Waals surface area contributed by atoms with Crippen molar-refractivity contribution >= 4 is 13.6 Å². The predicted molar refractivity (Wildman–Crippen MR) is 101 cm³/mol. The second-order valence-corrected chi connectivity index (χ2v) is 7.99. The number of hydrogen-bond acceptors (Lipinski definition) is 7. The summed E-state index contributed by atoms with van der Waals surface area (Å²) >= 11 is 0. The van der Waals surface area contributed by atoms with Crippen LogP contribution in [0, 0.1) is 0 Å². The van der Waals surface area contributed by atoms with Gasteiger partial charge >= 0.3 is 13.6 Å². The molecule has 0 aromatic heterocycles. The quantitative estimate of drug-likeness (QED) is 0.250. The Labute approximate surface area is 159 Å². The molecular formula is C19H27O7P. The molecule has 1 fully saturated rings. The second-order valence-electron chi connectivity index (χ2n) is 5.94. The number of ether oxygens (including phenoxy) is 2. The Kier molecular flexibility index (Phi) is 8.67. The van der Waals surface area contributed by atoms with Gasteiger partial charge in [0.1, 0.15) is 6.10 Å². The number of carbonyl (C=O) groups excluding carboxylic acids is 1. The summed E-state index contributed by atoms with van der Waals surface area (Å²) in [6.45, 7) is 4.21. The lowest BCUT2D eigenvalue weighted by Crippen LogP contribution is -2.11. The first-order chi connectivity index (χ1) is 13.0. The molecule has 0 bridgehead atoms. The maximum atomic E-state index is 12.8.